The maximum absolute atomic E-state index is 12.3. The number of unbranched alkanes of at least 4 members (excludes halogenated alkanes) is 2. The van der Waals surface area contributed by atoms with Gasteiger partial charge in [-0.25, -0.2) is 0 Å². The molecule has 9 atom stereocenters. The molecule has 9 unspecified atom stereocenters. The fourth-order valence-corrected chi connectivity index (χ4v) is 5.93. The van der Waals surface area contributed by atoms with Crippen molar-refractivity contribution < 1.29 is 39.8 Å². The quantitative estimate of drug-likeness (QED) is 0.0123. The second-order valence-corrected chi connectivity index (χ2v) is 14.6. The molecule has 0 aromatic rings. The van der Waals surface area contributed by atoms with E-state index in [1.54, 1.807) is 26.0 Å². The molecular formula is C47H74N2O8. The van der Waals surface area contributed by atoms with Crippen molar-refractivity contribution in [3.63, 3.8) is 0 Å². The number of hydrogen-bond acceptors (Lipinski definition) is 9. The lowest BCUT2D eigenvalue weighted by Crippen LogP contribution is -2.60. The van der Waals surface area contributed by atoms with Crippen molar-refractivity contribution in [2.75, 3.05) is 13.2 Å². The lowest BCUT2D eigenvalue weighted by molar-refractivity contribution is -0.310. The van der Waals surface area contributed by atoms with Crippen LogP contribution in [0.2, 0.25) is 0 Å². The van der Waals surface area contributed by atoms with Gasteiger partial charge < -0.3 is 46.1 Å². The van der Waals surface area contributed by atoms with E-state index in [0.29, 0.717) is 23.6 Å². The van der Waals surface area contributed by atoms with Crippen LogP contribution in [0, 0.1) is 30.6 Å². The van der Waals surface area contributed by atoms with Gasteiger partial charge in [-0.05, 0) is 89.7 Å². The van der Waals surface area contributed by atoms with Crippen LogP contribution in [-0.2, 0) is 14.3 Å². The van der Waals surface area contributed by atoms with Crippen LogP contribution in [0.4, 0.5) is 0 Å². The van der Waals surface area contributed by atoms with Crippen LogP contribution in [0.5, 0.6) is 0 Å². The fraction of sp³-hybridized carbons (Fsp3) is 0.553. The monoisotopic (exact) mass is 795 g/mol. The minimum Gasteiger partial charge on any atom is -0.511 e. The molecule has 0 bridgehead atoms. The van der Waals surface area contributed by atoms with Crippen LogP contribution >= 0.6 is 0 Å². The molecule has 10 heteroatoms. The van der Waals surface area contributed by atoms with Crippen LogP contribution in [0.25, 0.3) is 0 Å². The Morgan fingerprint density at radius 3 is 2.12 bits per heavy atom. The molecule has 0 aromatic heterocycles. The van der Waals surface area contributed by atoms with Crippen molar-refractivity contribution in [1.29, 1.82) is 0 Å². The number of nitrogens with one attached hydrogen (secondary N) is 1. The topological polar surface area (TPSA) is 175 Å². The molecule has 8 N–H and O–H groups in total. The van der Waals surface area contributed by atoms with E-state index >= 15 is 0 Å². The summed E-state index contributed by atoms with van der Waals surface area (Å²) in [5, 5.41) is 53.7. The Morgan fingerprint density at radius 2 is 1.49 bits per heavy atom. The molecule has 0 spiro atoms. The van der Waals surface area contributed by atoms with Crippen molar-refractivity contribution in [2.24, 2.45) is 23.5 Å². The van der Waals surface area contributed by atoms with Gasteiger partial charge in [-0.3, -0.25) is 4.79 Å². The number of nitrogens with two attached hydrogens (primary N) is 1. The van der Waals surface area contributed by atoms with Crippen LogP contribution in [0.3, 0.4) is 0 Å². The molecule has 1 aliphatic heterocycles. The van der Waals surface area contributed by atoms with Gasteiger partial charge in [0.05, 0.1) is 18.4 Å². The molecule has 0 radical (unpaired) electrons. The van der Waals surface area contributed by atoms with E-state index in [9.17, 15) is 30.3 Å². The predicted molar refractivity (Wildman–Crippen MR) is 234 cm³/mol. The zero-order valence-corrected chi connectivity index (χ0v) is 35.5. The normalized spacial score (nSPS) is 23.6. The molecule has 0 aromatic carbocycles. The van der Waals surface area contributed by atoms with Crippen molar-refractivity contribution in [2.45, 2.75) is 137 Å². The van der Waals surface area contributed by atoms with Gasteiger partial charge in [-0.1, -0.05) is 113 Å². The van der Waals surface area contributed by atoms with Crippen molar-refractivity contribution >= 4 is 5.91 Å². The van der Waals surface area contributed by atoms with E-state index < -0.39 is 43.4 Å². The van der Waals surface area contributed by atoms with E-state index in [2.05, 4.69) is 62.4 Å². The van der Waals surface area contributed by atoms with Crippen LogP contribution in [0.1, 0.15) is 99.8 Å². The summed E-state index contributed by atoms with van der Waals surface area (Å²) in [6.45, 7) is 13.9. The highest BCUT2D eigenvalue weighted by Crippen LogP contribution is 2.28. The van der Waals surface area contributed by atoms with Gasteiger partial charge in [-0.2, -0.15) is 0 Å². The minimum absolute atomic E-state index is 0.167. The third-order valence-corrected chi connectivity index (χ3v) is 9.35. The summed E-state index contributed by atoms with van der Waals surface area (Å²) < 4.78 is 12.0. The molecule has 1 heterocycles. The lowest BCUT2D eigenvalue weighted by Gasteiger charge is -2.41. The maximum Gasteiger partial charge on any atom is 0.251 e. The predicted octanol–water partition coefficient (Wildman–Crippen LogP) is 7.56. The maximum atomic E-state index is 12.3. The first kappa shape index (κ1) is 53.2. The minimum atomic E-state index is -1.53. The first-order valence-electron chi connectivity index (χ1n) is 20.3. The zero-order chi connectivity index (χ0) is 43.2. The highest BCUT2D eigenvalue weighted by molar-refractivity contribution is 5.94. The number of allylic oxidation sites excluding steroid dienone is 15. The average molecular weight is 795 g/mol. The number of terminal acetylenes is 1. The molecule has 10 nitrogen and oxygen atoms in total. The van der Waals surface area contributed by atoms with Crippen molar-refractivity contribution in [1.82, 2.24) is 5.32 Å². The number of carbonyl (C=O) groups is 1. The summed E-state index contributed by atoms with van der Waals surface area (Å²) in [6, 6.07) is 0. The van der Waals surface area contributed by atoms with Gasteiger partial charge >= 0.3 is 0 Å². The summed E-state index contributed by atoms with van der Waals surface area (Å²) in [4.78, 5) is 12.3. The Bertz CT molecular complexity index is 1420. The first-order valence-corrected chi connectivity index (χ1v) is 20.3. The summed E-state index contributed by atoms with van der Waals surface area (Å²) in [5.41, 5.74) is 7.47. The van der Waals surface area contributed by atoms with E-state index in [1.165, 1.54) is 0 Å². The van der Waals surface area contributed by atoms with E-state index in [-0.39, 0.29) is 23.5 Å². The Hall–Kier alpha value is -3.79. The second-order valence-electron chi connectivity index (χ2n) is 14.6. The Kier molecular flexibility index (Phi) is 30.1. The van der Waals surface area contributed by atoms with Gasteiger partial charge in [0.1, 0.15) is 30.2 Å². The molecule has 0 saturated carbocycles. The number of aliphatic hydroxyl groups excluding tert-OH is 5. The number of ether oxygens (including phenoxy) is 2. The average Bonchev–Trinajstić information content (AvgIpc) is 3.19. The molecule has 1 amide bonds. The summed E-state index contributed by atoms with van der Waals surface area (Å²) >= 11 is 0. The van der Waals surface area contributed by atoms with Gasteiger partial charge in [0.2, 0.25) is 0 Å². The van der Waals surface area contributed by atoms with Gasteiger partial charge in [0.25, 0.3) is 5.91 Å². The second kappa shape index (κ2) is 32.2. The van der Waals surface area contributed by atoms with E-state index in [4.69, 9.17) is 15.2 Å². The van der Waals surface area contributed by atoms with Crippen LogP contribution in [0.15, 0.2) is 108 Å². The molecule has 1 rings (SSSR count). The SMILES string of the molecule is C#C.CCC/C(O)=C(\C)NC(=O)/C(C)=C/C=C/C=C/C=C/C=C/C(C)C(OC1OC(CO)C(O)C(O)C1O)/C(C)=C/C(C)CCC/C=C/C(C)C/C=C/CCCN. The van der Waals surface area contributed by atoms with E-state index in [1.807, 2.05) is 63.3 Å². The molecule has 0 aliphatic carbocycles. The largest absolute Gasteiger partial charge is 0.511 e. The fourth-order valence-electron chi connectivity index (χ4n) is 5.93. The number of amides is 1. The molecular weight excluding hydrogens is 721 g/mol. The number of hydrogen-bond donors (Lipinski definition) is 7. The Labute approximate surface area is 344 Å². The van der Waals surface area contributed by atoms with Gasteiger partial charge in [0, 0.05) is 17.9 Å². The highest BCUT2D eigenvalue weighted by Gasteiger charge is 2.45. The van der Waals surface area contributed by atoms with Crippen LogP contribution < -0.4 is 11.1 Å². The lowest BCUT2D eigenvalue weighted by atomic mass is 9.92. The van der Waals surface area contributed by atoms with Crippen molar-refractivity contribution in [3.8, 4) is 12.8 Å². The molecule has 1 aliphatic rings. The smallest absolute Gasteiger partial charge is 0.251 e. The van der Waals surface area contributed by atoms with Gasteiger partial charge in [0.15, 0.2) is 6.29 Å². The zero-order valence-electron chi connectivity index (χ0n) is 35.5. The number of aliphatic hydroxyl groups is 5. The Balaban J connectivity index is 0.0000154. The highest BCUT2D eigenvalue weighted by atomic mass is 16.7. The third-order valence-electron chi connectivity index (χ3n) is 9.35. The molecule has 320 valence electrons. The summed E-state index contributed by atoms with van der Waals surface area (Å²) in [7, 11) is 0. The van der Waals surface area contributed by atoms with Gasteiger partial charge in [-0.15, -0.1) is 12.8 Å². The standard InChI is InChI=1S/C45H72N2O8.C2H2/c1-8-23-38(49)37(7)47-44(53)35(5)28-21-13-11-9-10-12-20-27-34(4)43(55-45-42(52)41(51)40(50)39(31-48)54-45)36(6)30-33(3)26-19-16-18-25-32(2)24-17-14-15-22-29-46;1-2/h9-14,17-18,20-21,25,27-28,30,32-34,39-43,45,48-52H,8,15-16,19,22-24,26,29,31,46H2,1-7H3,(H,47,53);1-2H/b11-9+,12-10+,17-14+,21-13+,25-18+,27-20+,35-28+,36-30+,38-37-;. The summed E-state index contributed by atoms with van der Waals surface area (Å²) in [6.07, 6.45) is 35.9. The molecule has 1 saturated heterocycles. The van der Waals surface area contributed by atoms with E-state index in [0.717, 1.165) is 57.1 Å². The number of carbonyl (C=O) groups excluding carboxylic acids is 1. The first-order chi connectivity index (χ1) is 27.3. The Morgan fingerprint density at radius 1 is 0.860 bits per heavy atom. The van der Waals surface area contributed by atoms with Crippen LogP contribution in [-0.4, -0.2) is 81.4 Å². The van der Waals surface area contributed by atoms with Crippen molar-refractivity contribution in [3.05, 3.63) is 108 Å². The molecule has 57 heavy (non-hydrogen) atoms. The number of rotatable bonds is 25. The summed E-state index contributed by atoms with van der Waals surface area (Å²) in [5.74, 6) is 0.502. The molecule has 1 fully saturated rings. The third kappa shape index (κ3) is 22.7.